The molecule has 0 bridgehead atoms. The van der Waals surface area contributed by atoms with Gasteiger partial charge in [-0.2, -0.15) is 0 Å². The van der Waals surface area contributed by atoms with Crippen LogP contribution in [0.2, 0.25) is 0 Å². The first kappa shape index (κ1) is 18.6. The molecule has 1 heterocycles. The molecule has 0 unspecified atom stereocenters. The van der Waals surface area contributed by atoms with Gasteiger partial charge in [-0.1, -0.05) is 26.0 Å². The van der Waals surface area contributed by atoms with Crippen molar-refractivity contribution in [2.24, 2.45) is 0 Å². The normalized spacial score (nSPS) is 13.8. The number of carbonyl (C=O) groups excluding carboxylic acids is 3. The summed E-state index contributed by atoms with van der Waals surface area (Å²) in [5.41, 5.74) is -0.129. The molecule has 1 aromatic carbocycles. The van der Waals surface area contributed by atoms with E-state index in [1.165, 1.54) is 0 Å². The Hall–Kier alpha value is -2.70. The molecule has 3 amide bonds. The average Bonchev–Trinajstić information content (AvgIpc) is 2.83. The lowest BCUT2D eigenvalue weighted by Crippen LogP contribution is -2.49. The van der Waals surface area contributed by atoms with Gasteiger partial charge in [0.15, 0.2) is 0 Å². The molecule has 1 aliphatic heterocycles. The van der Waals surface area contributed by atoms with Crippen molar-refractivity contribution in [1.82, 2.24) is 10.2 Å². The number of benzene rings is 1. The molecule has 7 heteroatoms. The highest BCUT2D eigenvalue weighted by Gasteiger charge is 2.36. The highest BCUT2D eigenvalue weighted by molar-refractivity contribution is 6.21. The minimum atomic E-state index is -0.982. The summed E-state index contributed by atoms with van der Waals surface area (Å²) in [5.74, 6) is -2.17. The predicted molar refractivity (Wildman–Crippen MR) is 90.1 cm³/mol. The van der Waals surface area contributed by atoms with Crippen LogP contribution < -0.4 is 5.32 Å². The van der Waals surface area contributed by atoms with Gasteiger partial charge in [0.2, 0.25) is 5.91 Å². The van der Waals surface area contributed by atoms with Gasteiger partial charge in [0, 0.05) is 18.5 Å². The summed E-state index contributed by atoms with van der Waals surface area (Å²) >= 11 is 0. The molecule has 0 fully saturated rings. The minimum Gasteiger partial charge on any atom is -0.481 e. The van der Waals surface area contributed by atoms with Crippen LogP contribution in [0.15, 0.2) is 24.3 Å². The Balaban J connectivity index is 2.00. The van der Waals surface area contributed by atoms with Crippen LogP contribution in [0, 0.1) is 0 Å². The van der Waals surface area contributed by atoms with E-state index in [4.69, 9.17) is 5.11 Å². The molecule has 0 radical (unpaired) electrons. The second kappa shape index (κ2) is 7.46. The monoisotopic (exact) mass is 346 g/mol. The number of carboxylic acid groups (broad SMARTS) is 1. The third-order valence-corrected chi connectivity index (χ3v) is 4.69. The Kier molecular flexibility index (Phi) is 5.56. The predicted octanol–water partition coefficient (Wildman–Crippen LogP) is 1.82. The van der Waals surface area contributed by atoms with Gasteiger partial charge in [0.25, 0.3) is 11.8 Å². The van der Waals surface area contributed by atoms with Crippen molar-refractivity contribution in [3.63, 3.8) is 0 Å². The standard InChI is InChI=1S/C18H22N2O5/c1-3-18(4-2,11-15(22)23)19-14(21)9-10-20-16(24)12-7-5-6-8-13(12)17(20)25/h5-8H,3-4,9-11H2,1-2H3,(H,19,21)(H,22,23). The maximum atomic E-state index is 12.3. The van der Waals surface area contributed by atoms with Gasteiger partial charge < -0.3 is 10.4 Å². The van der Waals surface area contributed by atoms with Crippen LogP contribution in [-0.2, 0) is 9.59 Å². The van der Waals surface area contributed by atoms with E-state index in [1.54, 1.807) is 24.3 Å². The smallest absolute Gasteiger partial charge is 0.305 e. The number of nitrogens with one attached hydrogen (secondary N) is 1. The third-order valence-electron chi connectivity index (χ3n) is 4.69. The lowest BCUT2D eigenvalue weighted by molar-refractivity contribution is -0.139. The maximum absolute atomic E-state index is 12.3. The number of carbonyl (C=O) groups is 4. The van der Waals surface area contributed by atoms with E-state index in [1.807, 2.05) is 13.8 Å². The van der Waals surface area contributed by atoms with Gasteiger partial charge in [0.1, 0.15) is 0 Å². The van der Waals surface area contributed by atoms with E-state index < -0.39 is 23.3 Å². The molecule has 0 saturated heterocycles. The third kappa shape index (κ3) is 3.87. The molecular formula is C18H22N2O5. The Morgan fingerprint density at radius 1 is 1.08 bits per heavy atom. The Morgan fingerprint density at radius 3 is 2.04 bits per heavy atom. The molecule has 1 aromatic rings. The fourth-order valence-electron chi connectivity index (χ4n) is 3.02. The average molecular weight is 346 g/mol. The first-order chi connectivity index (χ1) is 11.8. The zero-order valence-corrected chi connectivity index (χ0v) is 14.4. The molecule has 0 aliphatic carbocycles. The minimum absolute atomic E-state index is 0.0330. The van der Waals surface area contributed by atoms with Crippen LogP contribution in [0.1, 0.15) is 60.2 Å². The van der Waals surface area contributed by atoms with E-state index in [0.29, 0.717) is 24.0 Å². The summed E-state index contributed by atoms with van der Waals surface area (Å²) < 4.78 is 0. The van der Waals surface area contributed by atoms with Crippen LogP contribution in [-0.4, -0.2) is 45.8 Å². The molecule has 1 aliphatic rings. The summed E-state index contributed by atoms with van der Waals surface area (Å²) in [5, 5.41) is 11.8. The number of rotatable bonds is 8. The van der Waals surface area contributed by atoms with Gasteiger partial charge in [-0.3, -0.25) is 24.1 Å². The number of hydrogen-bond acceptors (Lipinski definition) is 4. The number of carboxylic acids is 1. The molecule has 0 aromatic heterocycles. The van der Waals surface area contributed by atoms with Crippen molar-refractivity contribution in [1.29, 1.82) is 0 Å². The Morgan fingerprint density at radius 2 is 1.60 bits per heavy atom. The zero-order chi connectivity index (χ0) is 18.6. The topological polar surface area (TPSA) is 104 Å². The second-order valence-corrected chi connectivity index (χ2v) is 6.16. The van der Waals surface area contributed by atoms with Crippen molar-refractivity contribution in [2.45, 2.75) is 45.1 Å². The molecule has 25 heavy (non-hydrogen) atoms. The quantitative estimate of drug-likeness (QED) is 0.699. The molecular weight excluding hydrogens is 324 g/mol. The van der Waals surface area contributed by atoms with Crippen molar-refractivity contribution in [3.8, 4) is 0 Å². The molecule has 2 rings (SSSR count). The lowest BCUT2D eigenvalue weighted by Gasteiger charge is -2.31. The number of amides is 3. The summed E-state index contributed by atoms with van der Waals surface area (Å²) in [6.07, 6.45) is 0.731. The van der Waals surface area contributed by atoms with Crippen LogP contribution in [0.5, 0.6) is 0 Å². The SMILES string of the molecule is CCC(CC)(CC(=O)O)NC(=O)CCN1C(=O)c2ccccc2C1=O. The molecule has 134 valence electrons. The van der Waals surface area contributed by atoms with Crippen molar-refractivity contribution >= 4 is 23.7 Å². The first-order valence-electron chi connectivity index (χ1n) is 8.31. The van der Waals surface area contributed by atoms with E-state index in [2.05, 4.69) is 5.32 Å². The number of fused-ring (bicyclic) bond motifs is 1. The number of aliphatic carboxylic acids is 1. The fraction of sp³-hybridized carbons (Fsp3) is 0.444. The summed E-state index contributed by atoms with van der Waals surface area (Å²) in [4.78, 5) is 48.9. The Labute approximate surface area is 146 Å². The summed E-state index contributed by atoms with van der Waals surface area (Å²) in [6, 6.07) is 6.54. The van der Waals surface area contributed by atoms with E-state index in [-0.39, 0.29) is 25.3 Å². The van der Waals surface area contributed by atoms with Gasteiger partial charge >= 0.3 is 5.97 Å². The lowest BCUT2D eigenvalue weighted by atomic mass is 9.89. The van der Waals surface area contributed by atoms with Crippen LogP contribution in [0.3, 0.4) is 0 Å². The van der Waals surface area contributed by atoms with E-state index in [9.17, 15) is 19.2 Å². The van der Waals surface area contributed by atoms with Crippen molar-refractivity contribution in [2.75, 3.05) is 6.54 Å². The zero-order valence-electron chi connectivity index (χ0n) is 14.4. The Bertz CT molecular complexity index is 674. The molecule has 0 saturated carbocycles. The summed E-state index contributed by atoms with van der Waals surface area (Å²) in [6.45, 7) is 3.60. The number of imide groups is 1. The van der Waals surface area contributed by atoms with Crippen LogP contribution >= 0.6 is 0 Å². The first-order valence-corrected chi connectivity index (χ1v) is 8.31. The fourth-order valence-corrected chi connectivity index (χ4v) is 3.02. The number of nitrogens with zero attached hydrogens (tertiary/aromatic N) is 1. The van der Waals surface area contributed by atoms with Gasteiger partial charge in [-0.05, 0) is 25.0 Å². The molecule has 2 N–H and O–H groups in total. The largest absolute Gasteiger partial charge is 0.481 e. The number of hydrogen-bond donors (Lipinski definition) is 2. The highest BCUT2D eigenvalue weighted by atomic mass is 16.4. The van der Waals surface area contributed by atoms with E-state index in [0.717, 1.165) is 4.90 Å². The summed E-state index contributed by atoms with van der Waals surface area (Å²) in [7, 11) is 0. The molecule has 7 nitrogen and oxygen atoms in total. The molecule has 0 spiro atoms. The molecule has 0 atom stereocenters. The van der Waals surface area contributed by atoms with Crippen LogP contribution in [0.4, 0.5) is 0 Å². The maximum Gasteiger partial charge on any atom is 0.305 e. The van der Waals surface area contributed by atoms with E-state index >= 15 is 0 Å². The van der Waals surface area contributed by atoms with Crippen molar-refractivity contribution in [3.05, 3.63) is 35.4 Å². The van der Waals surface area contributed by atoms with Crippen molar-refractivity contribution < 1.29 is 24.3 Å². The highest BCUT2D eigenvalue weighted by Crippen LogP contribution is 2.23. The van der Waals surface area contributed by atoms with Gasteiger partial charge in [-0.25, -0.2) is 0 Å². The van der Waals surface area contributed by atoms with Crippen LogP contribution in [0.25, 0.3) is 0 Å². The second-order valence-electron chi connectivity index (χ2n) is 6.16. The van der Waals surface area contributed by atoms with Gasteiger partial charge in [-0.15, -0.1) is 0 Å². The van der Waals surface area contributed by atoms with Gasteiger partial charge in [0.05, 0.1) is 17.5 Å².